The fraction of sp³-hybridized carbons (Fsp3) is 0.214. The summed E-state index contributed by atoms with van der Waals surface area (Å²) in [6, 6.07) is 22.6. The topological polar surface area (TPSA) is 77.6 Å². The van der Waals surface area contributed by atoms with E-state index in [-0.39, 0.29) is 0 Å². The number of hydrogen-bond acceptors (Lipinski definition) is 5. The van der Waals surface area contributed by atoms with Crippen molar-refractivity contribution in [3.8, 4) is 5.75 Å². The second-order valence-corrected chi connectivity index (χ2v) is 9.34. The molecule has 0 radical (unpaired) electrons. The van der Waals surface area contributed by atoms with Crippen LogP contribution in [0.2, 0.25) is 5.02 Å². The molecule has 6 nitrogen and oxygen atoms in total. The third kappa shape index (κ3) is 4.62. The summed E-state index contributed by atoms with van der Waals surface area (Å²) in [6.45, 7) is 3.41. The van der Waals surface area contributed by atoms with Gasteiger partial charge in [0.1, 0.15) is 12.4 Å². The standard InChI is InChI=1S/C28H24ClNO5/c1-28(2)34-26(31)25(27(32)35-28)24(21-15-30-23-10-6-4-8-20(21)23)17-11-13-19(14-12-17)33-16-18-7-3-5-9-22(18)29/h3-15,24-25,30H,16H2,1-2H3/t24-/m1/s1. The molecule has 1 aromatic heterocycles. The summed E-state index contributed by atoms with van der Waals surface area (Å²) in [5, 5.41) is 1.56. The van der Waals surface area contributed by atoms with Crippen LogP contribution in [0.15, 0.2) is 79.0 Å². The Morgan fingerprint density at radius 2 is 1.60 bits per heavy atom. The Labute approximate surface area is 207 Å². The molecular weight excluding hydrogens is 466 g/mol. The van der Waals surface area contributed by atoms with Crippen molar-refractivity contribution in [2.24, 2.45) is 5.92 Å². The summed E-state index contributed by atoms with van der Waals surface area (Å²) in [5.41, 5.74) is 3.36. The van der Waals surface area contributed by atoms with E-state index in [4.69, 9.17) is 25.8 Å². The summed E-state index contributed by atoms with van der Waals surface area (Å²) >= 11 is 6.22. The number of H-pyrrole nitrogens is 1. The fourth-order valence-electron chi connectivity index (χ4n) is 4.45. The molecule has 1 aliphatic heterocycles. The first-order chi connectivity index (χ1) is 16.8. The molecule has 5 rings (SSSR count). The zero-order chi connectivity index (χ0) is 24.6. The zero-order valence-electron chi connectivity index (χ0n) is 19.3. The predicted octanol–water partition coefficient (Wildman–Crippen LogP) is 5.98. The first-order valence-corrected chi connectivity index (χ1v) is 11.7. The molecule has 0 unspecified atom stereocenters. The van der Waals surface area contributed by atoms with E-state index in [9.17, 15) is 9.59 Å². The largest absolute Gasteiger partial charge is 0.489 e. The molecule has 2 heterocycles. The number of ether oxygens (including phenoxy) is 3. The highest BCUT2D eigenvalue weighted by atomic mass is 35.5. The highest BCUT2D eigenvalue weighted by Gasteiger charge is 2.48. The number of aromatic amines is 1. The van der Waals surface area contributed by atoms with E-state index in [1.807, 2.05) is 79.0 Å². The maximum Gasteiger partial charge on any atom is 0.324 e. The SMILES string of the molecule is CC1(C)OC(=O)C([C@H](c2ccc(OCc3ccccc3Cl)cc2)c2c[nH]c3ccccc23)C(=O)O1. The molecule has 1 atom stereocenters. The van der Waals surface area contributed by atoms with Crippen LogP contribution >= 0.6 is 11.6 Å². The van der Waals surface area contributed by atoms with Gasteiger partial charge in [0.15, 0.2) is 5.92 Å². The number of esters is 2. The second-order valence-electron chi connectivity index (χ2n) is 8.94. The molecule has 1 aliphatic rings. The minimum absolute atomic E-state index is 0.321. The molecule has 0 bridgehead atoms. The molecule has 178 valence electrons. The molecule has 3 aromatic carbocycles. The lowest BCUT2D eigenvalue weighted by Gasteiger charge is -2.36. The Morgan fingerprint density at radius 3 is 2.31 bits per heavy atom. The third-order valence-electron chi connectivity index (χ3n) is 6.08. The number of carbonyl (C=O) groups excluding carboxylic acids is 2. The number of para-hydroxylation sites is 1. The Kier molecular flexibility index (Phi) is 5.99. The van der Waals surface area contributed by atoms with Crippen molar-refractivity contribution in [1.82, 2.24) is 4.98 Å². The molecule has 0 saturated carbocycles. The van der Waals surface area contributed by atoms with E-state index in [1.165, 1.54) is 0 Å². The molecule has 0 amide bonds. The molecule has 35 heavy (non-hydrogen) atoms. The van der Waals surface area contributed by atoms with Crippen molar-refractivity contribution >= 4 is 34.4 Å². The van der Waals surface area contributed by atoms with Crippen LogP contribution < -0.4 is 4.74 Å². The van der Waals surface area contributed by atoms with Crippen LogP contribution in [0.4, 0.5) is 0 Å². The van der Waals surface area contributed by atoms with E-state index in [0.717, 1.165) is 27.6 Å². The van der Waals surface area contributed by atoms with Gasteiger partial charge in [0.25, 0.3) is 5.79 Å². The average Bonchev–Trinajstić information content (AvgIpc) is 3.24. The Bertz CT molecular complexity index is 1370. The molecule has 1 saturated heterocycles. The number of fused-ring (bicyclic) bond motifs is 1. The number of nitrogens with one attached hydrogen (secondary N) is 1. The van der Waals surface area contributed by atoms with Crippen molar-refractivity contribution < 1.29 is 23.8 Å². The van der Waals surface area contributed by atoms with Crippen LogP contribution in [0, 0.1) is 5.92 Å². The van der Waals surface area contributed by atoms with Crippen LogP contribution in [-0.2, 0) is 25.7 Å². The summed E-state index contributed by atoms with van der Waals surface area (Å²) in [4.78, 5) is 29.3. The van der Waals surface area contributed by atoms with Crippen LogP contribution in [-0.4, -0.2) is 22.7 Å². The van der Waals surface area contributed by atoms with Crippen molar-refractivity contribution in [3.05, 3.63) is 101 Å². The quantitative estimate of drug-likeness (QED) is 0.266. The van der Waals surface area contributed by atoms with Gasteiger partial charge in [-0.3, -0.25) is 9.59 Å². The van der Waals surface area contributed by atoms with Crippen molar-refractivity contribution in [2.75, 3.05) is 0 Å². The monoisotopic (exact) mass is 489 g/mol. The summed E-state index contributed by atoms with van der Waals surface area (Å²) in [6.07, 6.45) is 1.83. The van der Waals surface area contributed by atoms with Gasteiger partial charge in [-0.1, -0.05) is 60.1 Å². The number of cyclic esters (lactones) is 2. The van der Waals surface area contributed by atoms with Gasteiger partial charge in [0.05, 0.1) is 0 Å². The van der Waals surface area contributed by atoms with Crippen molar-refractivity contribution in [1.29, 1.82) is 0 Å². The Hall–Kier alpha value is -3.77. The smallest absolute Gasteiger partial charge is 0.324 e. The number of rotatable bonds is 6. The zero-order valence-corrected chi connectivity index (χ0v) is 20.0. The summed E-state index contributed by atoms with van der Waals surface area (Å²) in [5.74, 6) is -3.63. The van der Waals surface area contributed by atoms with E-state index in [0.29, 0.717) is 17.4 Å². The molecule has 1 N–H and O–H groups in total. The lowest BCUT2D eigenvalue weighted by molar-refractivity contribution is -0.240. The van der Waals surface area contributed by atoms with Crippen molar-refractivity contribution in [2.45, 2.75) is 32.2 Å². The van der Waals surface area contributed by atoms with Crippen molar-refractivity contribution in [3.63, 3.8) is 0 Å². The number of hydrogen-bond donors (Lipinski definition) is 1. The number of halogens is 1. The Morgan fingerprint density at radius 1 is 0.943 bits per heavy atom. The maximum absolute atomic E-state index is 13.1. The summed E-state index contributed by atoms with van der Waals surface area (Å²) < 4.78 is 16.8. The number of carbonyl (C=O) groups is 2. The lowest BCUT2D eigenvalue weighted by Crippen LogP contribution is -2.48. The third-order valence-corrected chi connectivity index (χ3v) is 6.45. The maximum atomic E-state index is 13.1. The fourth-order valence-corrected chi connectivity index (χ4v) is 4.64. The lowest BCUT2D eigenvalue weighted by atomic mass is 9.80. The number of aromatic nitrogens is 1. The Balaban J connectivity index is 1.49. The number of benzene rings is 3. The second kappa shape index (κ2) is 9.12. The summed E-state index contributed by atoms with van der Waals surface area (Å²) in [7, 11) is 0. The van der Waals surface area contributed by atoms with E-state index in [2.05, 4.69) is 4.98 Å². The predicted molar refractivity (Wildman–Crippen MR) is 132 cm³/mol. The van der Waals surface area contributed by atoms with E-state index >= 15 is 0 Å². The minimum atomic E-state index is -1.30. The van der Waals surface area contributed by atoms with Gasteiger partial charge in [-0.2, -0.15) is 0 Å². The van der Waals surface area contributed by atoms with Gasteiger partial charge in [-0.25, -0.2) is 0 Å². The van der Waals surface area contributed by atoms with Gasteiger partial charge in [-0.05, 0) is 35.4 Å². The molecule has 4 aromatic rings. The molecule has 1 fully saturated rings. The van der Waals surface area contributed by atoms with Crippen LogP contribution in [0.1, 0.15) is 36.5 Å². The van der Waals surface area contributed by atoms with Crippen LogP contribution in [0.5, 0.6) is 5.75 Å². The minimum Gasteiger partial charge on any atom is -0.489 e. The molecule has 0 spiro atoms. The van der Waals surface area contributed by atoms with E-state index < -0.39 is 29.6 Å². The van der Waals surface area contributed by atoms with Crippen LogP contribution in [0.25, 0.3) is 10.9 Å². The first kappa shape index (κ1) is 23.0. The van der Waals surface area contributed by atoms with Gasteiger partial charge in [0, 0.05) is 47.5 Å². The highest BCUT2D eigenvalue weighted by molar-refractivity contribution is 6.31. The van der Waals surface area contributed by atoms with Crippen LogP contribution in [0.3, 0.4) is 0 Å². The van der Waals surface area contributed by atoms with Gasteiger partial charge in [0.2, 0.25) is 0 Å². The highest BCUT2D eigenvalue weighted by Crippen LogP contribution is 2.41. The molecule has 7 heteroatoms. The molecular formula is C28H24ClNO5. The van der Waals surface area contributed by atoms with E-state index in [1.54, 1.807) is 13.8 Å². The first-order valence-electron chi connectivity index (χ1n) is 11.3. The molecule has 0 aliphatic carbocycles. The average molecular weight is 490 g/mol. The normalized spacial score (nSPS) is 16.5. The van der Waals surface area contributed by atoms with Gasteiger partial charge < -0.3 is 19.2 Å². The van der Waals surface area contributed by atoms with Gasteiger partial charge >= 0.3 is 11.9 Å². The van der Waals surface area contributed by atoms with Gasteiger partial charge in [-0.15, -0.1) is 0 Å².